The van der Waals surface area contributed by atoms with Crippen molar-refractivity contribution in [1.29, 1.82) is 0 Å². The second kappa shape index (κ2) is 4.61. The summed E-state index contributed by atoms with van der Waals surface area (Å²) in [6.45, 7) is 1.25. The van der Waals surface area contributed by atoms with Gasteiger partial charge in [-0.25, -0.2) is 9.37 Å². The van der Waals surface area contributed by atoms with Crippen LogP contribution in [0.4, 0.5) is 16.2 Å². The highest BCUT2D eigenvalue weighted by molar-refractivity contribution is 5.44. The number of piperidine rings is 1. The Morgan fingerprint density at radius 3 is 2.81 bits per heavy atom. The first-order valence-corrected chi connectivity index (χ1v) is 5.34. The van der Waals surface area contributed by atoms with Crippen LogP contribution >= 0.6 is 0 Å². The SMILES string of the molecule is CNc1ncc(F)c(N2CCC(O)CC2)n1. The van der Waals surface area contributed by atoms with E-state index in [1.165, 1.54) is 6.20 Å². The quantitative estimate of drug-likeness (QED) is 0.774. The molecule has 0 bridgehead atoms. The number of aliphatic hydroxyl groups excluding tert-OH is 1. The molecule has 0 saturated carbocycles. The van der Waals surface area contributed by atoms with Crippen LogP contribution in [0.1, 0.15) is 12.8 Å². The van der Waals surface area contributed by atoms with Gasteiger partial charge in [-0.3, -0.25) is 0 Å². The van der Waals surface area contributed by atoms with Gasteiger partial charge in [0.1, 0.15) is 0 Å². The van der Waals surface area contributed by atoms with Crippen LogP contribution in [-0.4, -0.2) is 41.3 Å². The third kappa shape index (κ3) is 2.21. The zero-order valence-electron chi connectivity index (χ0n) is 9.15. The fourth-order valence-corrected chi connectivity index (χ4v) is 1.78. The van der Waals surface area contributed by atoms with Gasteiger partial charge in [-0.15, -0.1) is 0 Å². The van der Waals surface area contributed by atoms with E-state index in [0.29, 0.717) is 37.7 Å². The maximum Gasteiger partial charge on any atom is 0.224 e. The molecule has 2 heterocycles. The molecule has 1 saturated heterocycles. The Bertz CT molecular complexity index is 366. The molecule has 1 aliphatic rings. The summed E-state index contributed by atoms with van der Waals surface area (Å²) in [6.07, 6.45) is 2.19. The number of nitrogens with zero attached hydrogens (tertiary/aromatic N) is 3. The fourth-order valence-electron chi connectivity index (χ4n) is 1.78. The molecule has 0 amide bonds. The fraction of sp³-hybridized carbons (Fsp3) is 0.600. The van der Waals surface area contributed by atoms with Gasteiger partial charge < -0.3 is 15.3 Å². The highest BCUT2D eigenvalue weighted by Gasteiger charge is 2.21. The maximum absolute atomic E-state index is 13.5. The lowest BCUT2D eigenvalue weighted by Crippen LogP contribution is -2.37. The van der Waals surface area contributed by atoms with Gasteiger partial charge in [0.25, 0.3) is 0 Å². The van der Waals surface area contributed by atoms with Crippen molar-refractivity contribution >= 4 is 11.8 Å². The average Bonchev–Trinajstić information content (AvgIpc) is 2.31. The predicted octanol–water partition coefficient (Wildman–Crippen LogP) is 0.618. The Morgan fingerprint density at radius 2 is 2.19 bits per heavy atom. The highest BCUT2D eigenvalue weighted by atomic mass is 19.1. The van der Waals surface area contributed by atoms with Crippen molar-refractivity contribution in [3.8, 4) is 0 Å². The minimum absolute atomic E-state index is 0.273. The van der Waals surface area contributed by atoms with Gasteiger partial charge in [0, 0.05) is 20.1 Å². The van der Waals surface area contributed by atoms with Crippen molar-refractivity contribution < 1.29 is 9.50 Å². The van der Waals surface area contributed by atoms with Gasteiger partial charge in [-0.1, -0.05) is 0 Å². The lowest BCUT2D eigenvalue weighted by atomic mass is 10.1. The van der Waals surface area contributed by atoms with Crippen LogP contribution in [0, 0.1) is 5.82 Å². The van der Waals surface area contributed by atoms with Gasteiger partial charge in [0.05, 0.1) is 12.3 Å². The number of halogens is 1. The number of nitrogens with one attached hydrogen (secondary N) is 1. The Kier molecular flexibility index (Phi) is 3.19. The van der Waals surface area contributed by atoms with Crippen molar-refractivity contribution in [3.63, 3.8) is 0 Å². The van der Waals surface area contributed by atoms with Gasteiger partial charge in [-0.2, -0.15) is 4.98 Å². The van der Waals surface area contributed by atoms with Gasteiger partial charge in [0.2, 0.25) is 5.95 Å². The standard InChI is InChI=1S/C10H15FN4O/c1-12-10-13-6-8(11)9(14-10)15-4-2-7(16)3-5-15/h6-7,16H,2-5H2,1H3,(H,12,13,14). The molecule has 16 heavy (non-hydrogen) atoms. The summed E-state index contributed by atoms with van der Waals surface area (Å²) in [4.78, 5) is 9.72. The molecule has 5 nitrogen and oxygen atoms in total. The van der Waals surface area contributed by atoms with Crippen LogP contribution in [0.15, 0.2) is 6.20 Å². The number of aromatic nitrogens is 2. The molecule has 1 aromatic heterocycles. The van der Waals surface area contributed by atoms with Crippen LogP contribution in [0.25, 0.3) is 0 Å². The van der Waals surface area contributed by atoms with Crippen molar-refractivity contribution in [2.24, 2.45) is 0 Å². The van der Waals surface area contributed by atoms with E-state index in [1.807, 2.05) is 4.90 Å². The summed E-state index contributed by atoms with van der Waals surface area (Å²) in [5, 5.41) is 12.2. The lowest BCUT2D eigenvalue weighted by Gasteiger charge is -2.30. The molecule has 1 aromatic rings. The van der Waals surface area contributed by atoms with Crippen molar-refractivity contribution in [1.82, 2.24) is 9.97 Å². The molecule has 1 fully saturated rings. The summed E-state index contributed by atoms with van der Waals surface area (Å²) < 4.78 is 13.5. The lowest BCUT2D eigenvalue weighted by molar-refractivity contribution is 0.145. The third-order valence-electron chi connectivity index (χ3n) is 2.71. The van der Waals surface area contributed by atoms with Gasteiger partial charge >= 0.3 is 0 Å². The highest BCUT2D eigenvalue weighted by Crippen LogP contribution is 2.21. The van der Waals surface area contributed by atoms with E-state index in [9.17, 15) is 9.50 Å². The van der Waals surface area contributed by atoms with Crippen LogP contribution in [0.5, 0.6) is 0 Å². The van der Waals surface area contributed by atoms with Crippen LogP contribution in [0.2, 0.25) is 0 Å². The second-order valence-corrected chi connectivity index (χ2v) is 3.83. The van der Waals surface area contributed by atoms with Crippen molar-refractivity contribution in [2.45, 2.75) is 18.9 Å². The Morgan fingerprint density at radius 1 is 1.50 bits per heavy atom. The van der Waals surface area contributed by atoms with E-state index in [4.69, 9.17) is 0 Å². The minimum Gasteiger partial charge on any atom is -0.393 e. The van der Waals surface area contributed by atoms with E-state index < -0.39 is 5.82 Å². The third-order valence-corrected chi connectivity index (χ3v) is 2.71. The maximum atomic E-state index is 13.5. The zero-order chi connectivity index (χ0) is 11.5. The first kappa shape index (κ1) is 11.1. The molecule has 0 unspecified atom stereocenters. The largest absolute Gasteiger partial charge is 0.393 e. The van der Waals surface area contributed by atoms with Crippen LogP contribution in [-0.2, 0) is 0 Å². The Balaban J connectivity index is 2.19. The first-order valence-electron chi connectivity index (χ1n) is 5.34. The molecular weight excluding hydrogens is 211 g/mol. The monoisotopic (exact) mass is 226 g/mol. The van der Waals surface area contributed by atoms with Crippen molar-refractivity contribution in [2.75, 3.05) is 30.4 Å². The summed E-state index contributed by atoms with van der Waals surface area (Å²) in [7, 11) is 1.69. The topological polar surface area (TPSA) is 61.3 Å². The van der Waals surface area contributed by atoms with Crippen molar-refractivity contribution in [3.05, 3.63) is 12.0 Å². The van der Waals surface area contributed by atoms with Crippen LogP contribution in [0.3, 0.4) is 0 Å². The molecule has 0 spiro atoms. The molecule has 0 radical (unpaired) electrons. The summed E-state index contributed by atoms with van der Waals surface area (Å²) in [6, 6.07) is 0. The number of anilines is 2. The van der Waals surface area contributed by atoms with E-state index in [1.54, 1.807) is 7.05 Å². The van der Waals surface area contributed by atoms with E-state index in [2.05, 4.69) is 15.3 Å². The molecule has 88 valence electrons. The van der Waals surface area contributed by atoms with E-state index in [0.717, 1.165) is 0 Å². The molecular formula is C10H15FN4O. The van der Waals surface area contributed by atoms with Gasteiger partial charge in [-0.05, 0) is 12.8 Å². The minimum atomic E-state index is -0.421. The molecule has 0 aliphatic carbocycles. The number of hydrogen-bond donors (Lipinski definition) is 2. The summed E-state index contributed by atoms with van der Waals surface area (Å²) in [5.41, 5.74) is 0. The number of hydrogen-bond acceptors (Lipinski definition) is 5. The zero-order valence-corrected chi connectivity index (χ0v) is 9.15. The Hall–Kier alpha value is -1.43. The first-order chi connectivity index (χ1) is 7.70. The Labute approximate surface area is 93.3 Å². The molecule has 2 N–H and O–H groups in total. The summed E-state index contributed by atoms with van der Waals surface area (Å²) in [5.74, 6) is 0.296. The van der Waals surface area contributed by atoms with Crippen LogP contribution < -0.4 is 10.2 Å². The smallest absolute Gasteiger partial charge is 0.224 e. The molecule has 1 aliphatic heterocycles. The molecule has 0 atom stereocenters. The molecule has 2 rings (SSSR count). The summed E-state index contributed by atoms with van der Waals surface area (Å²) >= 11 is 0. The predicted molar refractivity (Wildman–Crippen MR) is 59.0 cm³/mol. The molecule has 0 aromatic carbocycles. The van der Waals surface area contributed by atoms with E-state index in [-0.39, 0.29) is 6.10 Å². The van der Waals surface area contributed by atoms with Gasteiger partial charge in [0.15, 0.2) is 11.6 Å². The number of rotatable bonds is 2. The second-order valence-electron chi connectivity index (χ2n) is 3.83. The molecule has 6 heteroatoms. The number of aliphatic hydroxyl groups is 1. The van der Waals surface area contributed by atoms with E-state index >= 15 is 0 Å². The normalized spacial score (nSPS) is 17.6. The average molecular weight is 226 g/mol.